The largest absolute Gasteiger partial charge is 0.377 e. The van der Waals surface area contributed by atoms with Crippen LogP contribution in [-0.2, 0) is 4.79 Å². The first-order chi connectivity index (χ1) is 14.7. The van der Waals surface area contributed by atoms with Crippen LogP contribution < -0.4 is 16.0 Å². The lowest BCUT2D eigenvalue weighted by Gasteiger charge is -2.33. The van der Waals surface area contributed by atoms with Crippen molar-refractivity contribution in [1.82, 2.24) is 25.8 Å². The first kappa shape index (κ1) is 22.3. The normalized spacial score (nSPS) is 31.8. The predicted octanol–water partition coefficient (Wildman–Crippen LogP) is 1.83. The Morgan fingerprint density at radius 2 is 2.16 bits per heavy atom. The molecular formula is C23H35F2N5O. The van der Waals surface area contributed by atoms with Crippen LogP contribution in [0.2, 0.25) is 0 Å². The summed E-state index contributed by atoms with van der Waals surface area (Å²) < 4.78 is 27.7. The van der Waals surface area contributed by atoms with Crippen LogP contribution in [0, 0.1) is 5.41 Å². The van der Waals surface area contributed by atoms with Crippen molar-refractivity contribution < 1.29 is 13.6 Å². The minimum Gasteiger partial charge on any atom is -0.377 e. The second-order valence-corrected chi connectivity index (χ2v) is 9.45. The van der Waals surface area contributed by atoms with Gasteiger partial charge in [-0.15, -0.1) is 0 Å². The molecule has 0 radical (unpaired) electrons. The minimum absolute atomic E-state index is 0.0198. The molecule has 8 heteroatoms. The molecule has 0 bridgehead atoms. The van der Waals surface area contributed by atoms with Gasteiger partial charge < -0.3 is 25.8 Å². The molecule has 31 heavy (non-hydrogen) atoms. The zero-order valence-electron chi connectivity index (χ0n) is 19.0. The Hall–Kier alpha value is -1.93. The van der Waals surface area contributed by atoms with Crippen molar-refractivity contribution in [1.29, 1.82) is 0 Å². The molecule has 1 aliphatic carbocycles. The van der Waals surface area contributed by atoms with Gasteiger partial charge in [0.1, 0.15) is 0 Å². The van der Waals surface area contributed by atoms with Gasteiger partial charge in [-0.3, -0.25) is 4.79 Å². The van der Waals surface area contributed by atoms with Crippen molar-refractivity contribution in [3.63, 3.8) is 0 Å². The van der Waals surface area contributed by atoms with Crippen LogP contribution in [-0.4, -0.2) is 80.0 Å². The van der Waals surface area contributed by atoms with E-state index in [1.54, 1.807) is 20.0 Å². The summed E-state index contributed by atoms with van der Waals surface area (Å²) in [5.74, 6) is 0.0849. The molecule has 3 aliphatic heterocycles. The van der Waals surface area contributed by atoms with E-state index in [9.17, 15) is 13.6 Å². The van der Waals surface area contributed by atoms with E-state index < -0.39 is 11.8 Å². The Morgan fingerprint density at radius 1 is 1.39 bits per heavy atom. The van der Waals surface area contributed by atoms with Crippen LogP contribution in [0.3, 0.4) is 0 Å². The van der Waals surface area contributed by atoms with Gasteiger partial charge in [0.15, 0.2) is 0 Å². The topological polar surface area (TPSA) is 59.6 Å². The van der Waals surface area contributed by atoms with Crippen LogP contribution in [0.5, 0.6) is 0 Å². The molecule has 0 aromatic carbocycles. The molecule has 1 saturated heterocycles. The van der Waals surface area contributed by atoms with Crippen LogP contribution >= 0.6 is 0 Å². The molecule has 1 amide bonds. The lowest BCUT2D eigenvalue weighted by Crippen LogP contribution is -2.41. The number of nitrogens with zero attached hydrogens (tertiary/aromatic N) is 2. The molecule has 3 unspecified atom stereocenters. The summed E-state index contributed by atoms with van der Waals surface area (Å²) in [4.78, 5) is 16.4. The van der Waals surface area contributed by atoms with Crippen molar-refractivity contribution in [3.8, 4) is 0 Å². The van der Waals surface area contributed by atoms with E-state index in [-0.39, 0.29) is 23.6 Å². The number of rotatable bonds is 6. The number of alkyl halides is 2. The summed E-state index contributed by atoms with van der Waals surface area (Å²) in [5.41, 5.74) is 2.73. The van der Waals surface area contributed by atoms with Crippen molar-refractivity contribution in [2.45, 2.75) is 58.2 Å². The highest BCUT2D eigenvalue weighted by molar-refractivity contribution is 5.74. The summed E-state index contributed by atoms with van der Waals surface area (Å²) >= 11 is 0. The maximum atomic E-state index is 13.9. The quantitative estimate of drug-likeness (QED) is 0.594. The summed E-state index contributed by atoms with van der Waals surface area (Å²) in [5, 5.41) is 10.2. The fourth-order valence-electron chi connectivity index (χ4n) is 5.54. The molecule has 0 aromatic heterocycles. The van der Waals surface area contributed by atoms with Crippen LogP contribution in [0.1, 0.15) is 33.6 Å². The highest BCUT2D eigenvalue weighted by Gasteiger charge is 2.43. The fourth-order valence-corrected chi connectivity index (χ4v) is 5.54. The molecule has 4 rings (SSSR count). The summed E-state index contributed by atoms with van der Waals surface area (Å²) in [7, 11) is 1.80. The minimum atomic E-state index is -2.50. The predicted molar refractivity (Wildman–Crippen MR) is 118 cm³/mol. The molecule has 0 spiro atoms. The van der Waals surface area contributed by atoms with E-state index in [0.29, 0.717) is 12.6 Å². The Balaban J connectivity index is 1.60. The van der Waals surface area contributed by atoms with Gasteiger partial charge in [0, 0.05) is 74.0 Å². The van der Waals surface area contributed by atoms with Gasteiger partial charge in [0.25, 0.3) is 6.43 Å². The van der Waals surface area contributed by atoms with Crippen LogP contribution in [0.15, 0.2) is 34.7 Å². The second kappa shape index (κ2) is 8.54. The third-order valence-corrected chi connectivity index (χ3v) is 7.71. The lowest BCUT2D eigenvalue weighted by atomic mass is 9.78. The van der Waals surface area contributed by atoms with Crippen molar-refractivity contribution >= 4 is 5.91 Å². The molecule has 0 aromatic rings. The van der Waals surface area contributed by atoms with Gasteiger partial charge in [0.05, 0.1) is 6.04 Å². The number of carbonyl (C=O) groups excluding carboxylic acids is 1. The average Bonchev–Trinajstić information content (AvgIpc) is 3.45. The monoisotopic (exact) mass is 435 g/mol. The van der Waals surface area contributed by atoms with Crippen LogP contribution in [0.4, 0.5) is 8.78 Å². The molecule has 172 valence electrons. The summed E-state index contributed by atoms with van der Waals surface area (Å²) in [6.07, 6.45) is 3.04. The number of nitrogens with one attached hydrogen (secondary N) is 3. The Kier molecular flexibility index (Phi) is 6.14. The molecule has 6 nitrogen and oxygen atoms in total. The fraction of sp³-hybridized carbons (Fsp3) is 0.696. The maximum Gasteiger partial charge on any atom is 0.261 e. The van der Waals surface area contributed by atoms with Gasteiger partial charge >= 0.3 is 0 Å². The lowest BCUT2D eigenvalue weighted by molar-refractivity contribution is -0.128. The maximum absolute atomic E-state index is 13.9. The number of allylic oxidation sites excluding steroid dienone is 1. The average molecular weight is 436 g/mol. The molecular weight excluding hydrogens is 400 g/mol. The van der Waals surface area contributed by atoms with E-state index >= 15 is 0 Å². The first-order valence-corrected chi connectivity index (χ1v) is 11.4. The summed E-state index contributed by atoms with van der Waals surface area (Å²) in [6, 6.07) is 0.362. The molecule has 0 saturated carbocycles. The van der Waals surface area contributed by atoms with E-state index in [0.717, 1.165) is 44.7 Å². The molecule has 3 heterocycles. The second-order valence-electron chi connectivity index (χ2n) is 9.45. The number of hydrogen-bond acceptors (Lipinski definition) is 5. The summed E-state index contributed by atoms with van der Waals surface area (Å²) in [6.45, 7) is 9.58. The standard InChI is InChI=1S/C23H35F2N5O/c1-14(26-4)23(3)10-16(9-19(23)22(24)25)28-20-13-30(17-5-7-27-11-17)21-6-8-29(15(2)31)12-18(20)21/h9-10,14,17,20,22,26-28H,5-8,11-13H2,1-4H3/t14-,17?,20?,23?/m1/s1. The highest BCUT2D eigenvalue weighted by atomic mass is 19.3. The molecule has 3 N–H and O–H groups in total. The van der Waals surface area contributed by atoms with Gasteiger partial charge in [0.2, 0.25) is 5.91 Å². The Morgan fingerprint density at radius 3 is 2.77 bits per heavy atom. The number of carbonyl (C=O) groups is 1. The van der Waals surface area contributed by atoms with E-state index in [4.69, 9.17) is 0 Å². The van der Waals surface area contributed by atoms with Gasteiger partial charge in [-0.1, -0.05) is 6.92 Å². The third-order valence-electron chi connectivity index (χ3n) is 7.71. The Bertz CT molecular complexity index is 817. The molecule has 4 aliphatic rings. The SMILES string of the molecule is CN[C@H](C)C1(C)C=C(NC2CN(C3CCNC3)C3=C2CN(C(C)=O)CC3)C=C1C(F)F. The van der Waals surface area contributed by atoms with Crippen LogP contribution in [0.25, 0.3) is 0 Å². The highest BCUT2D eigenvalue weighted by Crippen LogP contribution is 2.43. The Labute approximate surface area is 183 Å². The van der Waals surface area contributed by atoms with E-state index in [2.05, 4.69) is 20.9 Å². The van der Waals surface area contributed by atoms with Crippen molar-refractivity contribution in [2.75, 3.05) is 39.8 Å². The number of amides is 1. The molecule has 4 atom stereocenters. The van der Waals surface area contributed by atoms with Gasteiger partial charge in [-0.25, -0.2) is 8.78 Å². The van der Waals surface area contributed by atoms with E-state index in [1.165, 1.54) is 11.3 Å². The zero-order chi connectivity index (χ0) is 22.3. The number of halogens is 2. The van der Waals surface area contributed by atoms with Gasteiger partial charge in [-0.05, 0) is 44.7 Å². The molecule has 1 fully saturated rings. The third kappa shape index (κ3) is 4.00. The van der Waals surface area contributed by atoms with Gasteiger partial charge in [-0.2, -0.15) is 0 Å². The number of hydrogen-bond donors (Lipinski definition) is 3. The smallest absolute Gasteiger partial charge is 0.261 e. The zero-order valence-corrected chi connectivity index (χ0v) is 19.0. The van der Waals surface area contributed by atoms with Crippen molar-refractivity contribution in [3.05, 3.63) is 34.7 Å². The van der Waals surface area contributed by atoms with E-state index in [1.807, 2.05) is 24.8 Å². The first-order valence-electron chi connectivity index (χ1n) is 11.4. The van der Waals surface area contributed by atoms with Crippen molar-refractivity contribution in [2.24, 2.45) is 5.41 Å².